The molecule has 1 saturated heterocycles. The normalized spacial score (nSPS) is 20.0. The molecule has 6 nitrogen and oxygen atoms in total. The number of carboxylic acids is 1. The number of thioether (sulfide) groups is 1. The molecule has 2 heterocycles. The SMILES string of the molecule is Cc1cc(C)n(C(C)CC(=O)N2CCSCC2CC(=O)O)n1. The van der Waals surface area contributed by atoms with Gasteiger partial charge in [-0.3, -0.25) is 14.3 Å². The van der Waals surface area contributed by atoms with Crippen molar-refractivity contribution in [3.63, 3.8) is 0 Å². The fourth-order valence-electron chi connectivity index (χ4n) is 2.90. The van der Waals surface area contributed by atoms with Crippen molar-refractivity contribution in [2.75, 3.05) is 18.1 Å². The summed E-state index contributed by atoms with van der Waals surface area (Å²) in [4.78, 5) is 25.3. The van der Waals surface area contributed by atoms with E-state index in [1.807, 2.05) is 31.5 Å². The van der Waals surface area contributed by atoms with Crippen molar-refractivity contribution in [2.24, 2.45) is 0 Å². The number of hydrogen-bond donors (Lipinski definition) is 1. The summed E-state index contributed by atoms with van der Waals surface area (Å²) in [6.45, 7) is 6.52. The molecule has 0 saturated carbocycles. The number of carboxylic acid groups (broad SMARTS) is 1. The first-order chi connectivity index (χ1) is 10.4. The molecule has 22 heavy (non-hydrogen) atoms. The first kappa shape index (κ1) is 16.9. The summed E-state index contributed by atoms with van der Waals surface area (Å²) in [6.07, 6.45) is 0.371. The van der Waals surface area contributed by atoms with Gasteiger partial charge in [0, 0.05) is 30.2 Å². The van der Waals surface area contributed by atoms with Crippen LogP contribution in [0.25, 0.3) is 0 Å². The molecule has 1 aromatic rings. The molecule has 2 unspecified atom stereocenters. The van der Waals surface area contributed by atoms with E-state index >= 15 is 0 Å². The molecule has 1 amide bonds. The second-order valence-corrected chi connectivity index (χ2v) is 6.99. The van der Waals surface area contributed by atoms with E-state index in [0.717, 1.165) is 17.1 Å². The van der Waals surface area contributed by atoms with Crippen LogP contribution in [0.5, 0.6) is 0 Å². The zero-order chi connectivity index (χ0) is 16.3. The van der Waals surface area contributed by atoms with E-state index in [2.05, 4.69) is 5.10 Å². The molecule has 1 aromatic heterocycles. The van der Waals surface area contributed by atoms with E-state index in [0.29, 0.717) is 18.7 Å². The van der Waals surface area contributed by atoms with Gasteiger partial charge in [-0.25, -0.2) is 0 Å². The lowest BCUT2D eigenvalue weighted by Gasteiger charge is -2.35. The van der Waals surface area contributed by atoms with Gasteiger partial charge >= 0.3 is 5.97 Å². The van der Waals surface area contributed by atoms with Gasteiger partial charge in [0.2, 0.25) is 5.91 Å². The highest BCUT2D eigenvalue weighted by molar-refractivity contribution is 7.99. The summed E-state index contributed by atoms with van der Waals surface area (Å²) in [7, 11) is 0. The van der Waals surface area contributed by atoms with Gasteiger partial charge in [0.1, 0.15) is 0 Å². The topological polar surface area (TPSA) is 75.4 Å². The molecular weight excluding hydrogens is 302 g/mol. The van der Waals surface area contributed by atoms with E-state index < -0.39 is 5.97 Å². The molecule has 0 aliphatic carbocycles. The largest absolute Gasteiger partial charge is 0.481 e. The molecule has 0 radical (unpaired) electrons. The quantitative estimate of drug-likeness (QED) is 0.894. The standard InChI is InChI=1S/C15H23N3O3S/c1-10-6-11(2)18(16-10)12(3)7-14(19)17-4-5-22-9-13(17)8-15(20)21/h6,12-13H,4-5,7-9H2,1-3H3,(H,20,21). The van der Waals surface area contributed by atoms with Crippen LogP contribution >= 0.6 is 11.8 Å². The number of carbonyl (C=O) groups is 2. The van der Waals surface area contributed by atoms with E-state index in [4.69, 9.17) is 5.11 Å². The Bertz CT molecular complexity index is 558. The Balaban J connectivity index is 2.03. The zero-order valence-corrected chi connectivity index (χ0v) is 14.1. The van der Waals surface area contributed by atoms with Gasteiger partial charge in [0.25, 0.3) is 0 Å². The summed E-state index contributed by atoms with van der Waals surface area (Å²) >= 11 is 1.71. The maximum atomic E-state index is 12.6. The number of rotatable bonds is 5. The molecule has 0 spiro atoms. The average Bonchev–Trinajstić information content (AvgIpc) is 2.77. The van der Waals surface area contributed by atoms with Gasteiger partial charge in [-0.15, -0.1) is 0 Å². The number of carbonyl (C=O) groups excluding carboxylic acids is 1. The van der Waals surface area contributed by atoms with E-state index in [1.54, 1.807) is 16.7 Å². The Hall–Kier alpha value is -1.50. The zero-order valence-electron chi connectivity index (χ0n) is 13.3. The molecule has 2 rings (SSSR count). The summed E-state index contributed by atoms with van der Waals surface area (Å²) in [6, 6.07) is 1.77. The van der Waals surface area contributed by atoms with Gasteiger partial charge in [0.05, 0.1) is 24.2 Å². The van der Waals surface area contributed by atoms with Crippen LogP contribution in [0.4, 0.5) is 0 Å². The van der Waals surface area contributed by atoms with Crippen LogP contribution in [0.3, 0.4) is 0 Å². The monoisotopic (exact) mass is 325 g/mol. The molecule has 0 bridgehead atoms. The van der Waals surface area contributed by atoms with Crippen molar-refractivity contribution in [1.82, 2.24) is 14.7 Å². The van der Waals surface area contributed by atoms with Crippen molar-refractivity contribution < 1.29 is 14.7 Å². The lowest BCUT2D eigenvalue weighted by atomic mass is 10.1. The molecule has 0 aromatic carbocycles. The molecule has 1 N–H and O–H groups in total. The van der Waals surface area contributed by atoms with E-state index in [9.17, 15) is 9.59 Å². The molecule has 1 fully saturated rings. The number of nitrogens with zero attached hydrogens (tertiary/aromatic N) is 3. The minimum atomic E-state index is -0.850. The Morgan fingerprint density at radius 1 is 1.50 bits per heavy atom. The third-order valence-electron chi connectivity index (χ3n) is 3.89. The number of amides is 1. The molecule has 1 aliphatic heterocycles. The van der Waals surface area contributed by atoms with Gasteiger partial charge in [0.15, 0.2) is 0 Å². The minimum absolute atomic E-state index is 0.0200. The molecular formula is C15H23N3O3S. The summed E-state index contributed by atoms with van der Waals surface area (Å²) in [5.41, 5.74) is 1.98. The van der Waals surface area contributed by atoms with Crippen molar-refractivity contribution >= 4 is 23.6 Å². The predicted octanol–water partition coefficient (Wildman–Crippen LogP) is 1.87. The first-order valence-corrected chi connectivity index (χ1v) is 8.65. The predicted molar refractivity (Wildman–Crippen MR) is 86.1 cm³/mol. The highest BCUT2D eigenvalue weighted by Gasteiger charge is 2.29. The van der Waals surface area contributed by atoms with Gasteiger partial charge in [-0.05, 0) is 26.8 Å². The van der Waals surface area contributed by atoms with Crippen LogP contribution in [-0.4, -0.2) is 55.8 Å². The van der Waals surface area contributed by atoms with Crippen LogP contribution in [0.15, 0.2) is 6.07 Å². The first-order valence-electron chi connectivity index (χ1n) is 7.50. The Morgan fingerprint density at radius 2 is 2.23 bits per heavy atom. The highest BCUT2D eigenvalue weighted by atomic mass is 32.2. The van der Waals surface area contributed by atoms with Crippen LogP contribution in [-0.2, 0) is 9.59 Å². The van der Waals surface area contributed by atoms with E-state index in [1.165, 1.54) is 0 Å². The van der Waals surface area contributed by atoms with Crippen molar-refractivity contribution in [3.05, 3.63) is 17.5 Å². The third kappa shape index (κ3) is 4.03. The second kappa shape index (κ2) is 7.17. The average molecular weight is 325 g/mol. The fraction of sp³-hybridized carbons (Fsp3) is 0.667. The molecule has 7 heteroatoms. The minimum Gasteiger partial charge on any atom is -0.481 e. The van der Waals surface area contributed by atoms with Gasteiger partial charge in [-0.1, -0.05) is 0 Å². The number of aromatic nitrogens is 2. The molecule has 122 valence electrons. The summed E-state index contributed by atoms with van der Waals surface area (Å²) in [5.74, 6) is 0.742. The Labute approximate surface area is 134 Å². The Morgan fingerprint density at radius 3 is 2.82 bits per heavy atom. The van der Waals surface area contributed by atoms with Gasteiger partial charge in [-0.2, -0.15) is 16.9 Å². The van der Waals surface area contributed by atoms with Crippen LogP contribution in [0.2, 0.25) is 0 Å². The molecule has 1 aliphatic rings. The summed E-state index contributed by atoms with van der Waals surface area (Å²) < 4.78 is 1.87. The maximum Gasteiger partial charge on any atom is 0.305 e. The van der Waals surface area contributed by atoms with Crippen LogP contribution in [0, 0.1) is 13.8 Å². The fourth-order valence-corrected chi connectivity index (χ4v) is 3.96. The van der Waals surface area contributed by atoms with Gasteiger partial charge < -0.3 is 10.0 Å². The van der Waals surface area contributed by atoms with Crippen molar-refractivity contribution in [2.45, 2.75) is 45.7 Å². The number of hydrogen-bond acceptors (Lipinski definition) is 4. The Kier molecular flexibility index (Phi) is 5.50. The number of aryl methyl sites for hydroxylation is 2. The van der Waals surface area contributed by atoms with Crippen LogP contribution < -0.4 is 0 Å². The summed E-state index contributed by atoms with van der Waals surface area (Å²) in [5, 5.41) is 13.4. The van der Waals surface area contributed by atoms with Crippen molar-refractivity contribution in [3.8, 4) is 0 Å². The lowest BCUT2D eigenvalue weighted by Crippen LogP contribution is -2.47. The lowest BCUT2D eigenvalue weighted by molar-refractivity contribution is -0.140. The second-order valence-electron chi connectivity index (χ2n) is 5.84. The van der Waals surface area contributed by atoms with E-state index in [-0.39, 0.29) is 24.4 Å². The smallest absolute Gasteiger partial charge is 0.305 e. The highest BCUT2D eigenvalue weighted by Crippen LogP contribution is 2.22. The maximum absolute atomic E-state index is 12.6. The van der Waals surface area contributed by atoms with Crippen molar-refractivity contribution in [1.29, 1.82) is 0 Å². The molecule has 2 atom stereocenters. The van der Waals surface area contributed by atoms with Crippen LogP contribution in [0.1, 0.15) is 37.2 Å². The number of aliphatic carboxylic acids is 1. The third-order valence-corrected chi connectivity index (χ3v) is 4.98.